The first-order valence-corrected chi connectivity index (χ1v) is 12.7. The van der Waals surface area contributed by atoms with Crippen molar-refractivity contribution in [3.8, 4) is 0 Å². The summed E-state index contributed by atoms with van der Waals surface area (Å²) in [4.78, 5) is 39.8. The lowest BCUT2D eigenvalue weighted by atomic mass is 9.90. The van der Waals surface area contributed by atoms with Gasteiger partial charge in [-0.1, -0.05) is 53.6 Å². The number of nitrogens with one attached hydrogen (secondary N) is 1. The molecule has 1 N–H and O–H groups in total. The molecule has 0 unspecified atom stereocenters. The number of rotatable bonds is 8. The van der Waals surface area contributed by atoms with Crippen LogP contribution >= 0.6 is 11.6 Å². The first kappa shape index (κ1) is 24.8. The van der Waals surface area contributed by atoms with Crippen molar-refractivity contribution < 1.29 is 22.8 Å². The molecule has 0 aliphatic carbocycles. The van der Waals surface area contributed by atoms with Crippen molar-refractivity contribution >= 4 is 39.2 Å². The van der Waals surface area contributed by atoms with Crippen LogP contribution in [-0.2, 0) is 14.8 Å². The number of halogens is 1. The van der Waals surface area contributed by atoms with Gasteiger partial charge in [-0.3, -0.25) is 19.3 Å². The summed E-state index contributed by atoms with van der Waals surface area (Å²) in [5.74, 6) is -2.46. The number of ketones is 1. The SMILES string of the molecule is CC(=O)[C@H](CN1C(=O)c2ccccc2C1=O)[C@H](NS(=O)(=O)c1ccc(C)cc1)c1ccc(Cl)cc1. The van der Waals surface area contributed by atoms with Crippen LogP contribution in [0.4, 0.5) is 0 Å². The topological polar surface area (TPSA) is 101 Å². The zero-order chi connectivity index (χ0) is 25.3. The Kier molecular flexibility index (Phi) is 6.89. The molecular formula is C26H23ClN2O5S. The van der Waals surface area contributed by atoms with Crippen LogP contribution in [0.25, 0.3) is 0 Å². The zero-order valence-corrected chi connectivity index (χ0v) is 20.6. The maximum atomic E-state index is 13.3. The minimum absolute atomic E-state index is 0.0325. The van der Waals surface area contributed by atoms with Crippen LogP contribution in [-0.4, -0.2) is 37.5 Å². The van der Waals surface area contributed by atoms with Gasteiger partial charge in [0.15, 0.2) is 0 Å². The smallest absolute Gasteiger partial charge is 0.261 e. The van der Waals surface area contributed by atoms with E-state index in [1.807, 2.05) is 6.92 Å². The average Bonchev–Trinajstić information content (AvgIpc) is 3.06. The van der Waals surface area contributed by atoms with E-state index >= 15 is 0 Å². The van der Waals surface area contributed by atoms with E-state index in [2.05, 4.69) is 4.72 Å². The number of aryl methyl sites for hydroxylation is 1. The van der Waals surface area contributed by atoms with Crippen molar-refractivity contribution in [1.29, 1.82) is 0 Å². The summed E-state index contributed by atoms with van der Waals surface area (Å²) in [6, 6.07) is 18.1. The Balaban J connectivity index is 1.72. The molecule has 7 nitrogen and oxygen atoms in total. The predicted molar refractivity (Wildman–Crippen MR) is 132 cm³/mol. The van der Waals surface area contributed by atoms with Crippen molar-refractivity contribution in [2.75, 3.05) is 6.54 Å². The van der Waals surface area contributed by atoms with Gasteiger partial charge < -0.3 is 0 Å². The van der Waals surface area contributed by atoms with Crippen molar-refractivity contribution in [2.45, 2.75) is 24.8 Å². The Bertz CT molecular complexity index is 1370. The van der Waals surface area contributed by atoms with Crippen molar-refractivity contribution in [2.24, 2.45) is 5.92 Å². The van der Waals surface area contributed by atoms with E-state index < -0.39 is 33.8 Å². The number of hydrogen-bond donors (Lipinski definition) is 1. The van der Waals surface area contributed by atoms with Gasteiger partial charge in [-0.2, -0.15) is 0 Å². The fraction of sp³-hybridized carbons (Fsp3) is 0.192. The van der Waals surface area contributed by atoms with Gasteiger partial charge in [0, 0.05) is 11.6 Å². The normalized spacial score (nSPS) is 15.1. The molecule has 0 bridgehead atoms. The van der Waals surface area contributed by atoms with Gasteiger partial charge in [0.05, 0.1) is 28.0 Å². The van der Waals surface area contributed by atoms with Crippen LogP contribution in [0.3, 0.4) is 0 Å². The van der Waals surface area contributed by atoms with Crippen molar-refractivity contribution in [3.63, 3.8) is 0 Å². The van der Waals surface area contributed by atoms with E-state index in [9.17, 15) is 22.8 Å². The number of benzene rings is 3. The fourth-order valence-electron chi connectivity index (χ4n) is 4.08. The molecule has 1 aliphatic heterocycles. The van der Waals surface area contributed by atoms with Crippen LogP contribution in [0.1, 0.15) is 44.8 Å². The third kappa shape index (κ3) is 5.05. The molecule has 0 spiro atoms. The van der Waals surface area contributed by atoms with Gasteiger partial charge in [-0.25, -0.2) is 13.1 Å². The highest BCUT2D eigenvalue weighted by Gasteiger charge is 2.40. The van der Waals surface area contributed by atoms with Crippen molar-refractivity contribution in [1.82, 2.24) is 9.62 Å². The van der Waals surface area contributed by atoms with Gasteiger partial charge in [-0.15, -0.1) is 0 Å². The minimum atomic E-state index is -4.05. The summed E-state index contributed by atoms with van der Waals surface area (Å²) in [7, 11) is -4.05. The van der Waals surface area contributed by atoms with Gasteiger partial charge in [0.2, 0.25) is 10.0 Å². The molecule has 0 radical (unpaired) electrons. The van der Waals surface area contributed by atoms with Crippen LogP contribution in [0.5, 0.6) is 0 Å². The second kappa shape index (κ2) is 9.73. The van der Waals surface area contributed by atoms with Crippen LogP contribution < -0.4 is 4.72 Å². The molecule has 35 heavy (non-hydrogen) atoms. The predicted octanol–water partition coefficient (Wildman–Crippen LogP) is 4.17. The fourth-order valence-corrected chi connectivity index (χ4v) is 5.47. The van der Waals surface area contributed by atoms with Crippen LogP contribution in [0.2, 0.25) is 5.02 Å². The van der Waals surface area contributed by atoms with E-state index in [-0.39, 0.29) is 28.4 Å². The first-order valence-electron chi connectivity index (χ1n) is 10.9. The van der Waals surface area contributed by atoms with E-state index in [0.29, 0.717) is 10.6 Å². The van der Waals surface area contributed by atoms with E-state index in [0.717, 1.165) is 10.5 Å². The number of imide groups is 1. The van der Waals surface area contributed by atoms with Crippen LogP contribution in [0.15, 0.2) is 77.7 Å². The number of hydrogen-bond acceptors (Lipinski definition) is 5. The molecule has 2 amide bonds. The quantitative estimate of drug-likeness (QED) is 0.458. The highest BCUT2D eigenvalue weighted by Crippen LogP contribution is 2.31. The largest absolute Gasteiger partial charge is 0.300 e. The Labute approximate surface area is 208 Å². The highest BCUT2D eigenvalue weighted by atomic mass is 35.5. The summed E-state index contributed by atoms with van der Waals surface area (Å²) in [5, 5.41) is 0.439. The summed E-state index contributed by atoms with van der Waals surface area (Å²) in [6.45, 7) is 2.87. The van der Waals surface area contributed by atoms with Gasteiger partial charge >= 0.3 is 0 Å². The second-order valence-electron chi connectivity index (χ2n) is 8.45. The molecule has 0 saturated carbocycles. The molecule has 3 aromatic rings. The second-order valence-corrected chi connectivity index (χ2v) is 10.6. The Morgan fingerprint density at radius 1 is 0.914 bits per heavy atom. The van der Waals surface area contributed by atoms with Crippen LogP contribution in [0, 0.1) is 12.8 Å². The Morgan fingerprint density at radius 3 is 1.97 bits per heavy atom. The molecule has 4 rings (SSSR count). The van der Waals surface area contributed by atoms with E-state index in [4.69, 9.17) is 11.6 Å². The monoisotopic (exact) mass is 510 g/mol. The number of sulfonamides is 1. The molecular weight excluding hydrogens is 488 g/mol. The van der Waals surface area contributed by atoms with E-state index in [1.165, 1.54) is 19.1 Å². The summed E-state index contributed by atoms with van der Waals surface area (Å²) in [5.41, 5.74) is 1.87. The number of fused-ring (bicyclic) bond motifs is 1. The zero-order valence-electron chi connectivity index (χ0n) is 19.1. The summed E-state index contributed by atoms with van der Waals surface area (Å²) >= 11 is 6.03. The molecule has 2 atom stereocenters. The lowest BCUT2D eigenvalue weighted by Gasteiger charge is -2.29. The molecule has 0 fully saturated rings. The molecule has 1 heterocycles. The lowest BCUT2D eigenvalue weighted by Crippen LogP contribution is -2.44. The number of amides is 2. The lowest BCUT2D eigenvalue weighted by molar-refractivity contribution is -0.121. The molecule has 180 valence electrons. The van der Waals surface area contributed by atoms with E-state index in [1.54, 1.807) is 60.7 Å². The van der Waals surface area contributed by atoms with Gasteiger partial charge in [0.1, 0.15) is 5.78 Å². The molecule has 0 saturated heterocycles. The summed E-state index contributed by atoms with van der Waals surface area (Å²) in [6.07, 6.45) is 0. The standard InChI is InChI=1S/C26H23ClN2O5S/c1-16-7-13-20(14-8-16)35(33,34)28-24(18-9-11-19(27)12-10-18)23(17(2)30)15-29-25(31)21-5-3-4-6-22(21)26(29)32/h3-14,23-24,28H,15H2,1-2H3/t23-,24+/m0/s1. The first-order chi connectivity index (χ1) is 16.6. The number of Topliss-reactive ketones (excluding diaryl/α,β-unsaturated/α-hetero) is 1. The van der Waals surface area contributed by atoms with Gasteiger partial charge in [0.25, 0.3) is 11.8 Å². The molecule has 0 aromatic heterocycles. The maximum Gasteiger partial charge on any atom is 0.261 e. The number of nitrogens with zero attached hydrogens (tertiary/aromatic N) is 1. The van der Waals surface area contributed by atoms with Gasteiger partial charge in [-0.05, 0) is 55.8 Å². The Morgan fingerprint density at radius 2 is 1.46 bits per heavy atom. The molecule has 1 aliphatic rings. The third-order valence-electron chi connectivity index (χ3n) is 6.02. The maximum absolute atomic E-state index is 13.3. The number of carbonyl (C=O) groups excluding carboxylic acids is 3. The average molecular weight is 511 g/mol. The Hall–Kier alpha value is -3.33. The summed E-state index contributed by atoms with van der Waals surface area (Å²) < 4.78 is 29.2. The molecule has 9 heteroatoms. The minimum Gasteiger partial charge on any atom is -0.300 e. The highest BCUT2D eigenvalue weighted by molar-refractivity contribution is 7.89. The third-order valence-corrected chi connectivity index (χ3v) is 7.73. The van der Waals surface area contributed by atoms with Crippen molar-refractivity contribution in [3.05, 3.63) is 100 Å². The molecule has 3 aromatic carbocycles. The number of carbonyl (C=O) groups is 3.